The summed E-state index contributed by atoms with van der Waals surface area (Å²) >= 11 is 0. The summed E-state index contributed by atoms with van der Waals surface area (Å²) in [4.78, 5) is 18.2. The first kappa shape index (κ1) is 14.0. The van der Waals surface area contributed by atoms with Crippen molar-refractivity contribution in [1.29, 1.82) is 0 Å². The van der Waals surface area contributed by atoms with Crippen molar-refractivity contribution in [3.63, 3.8) is 0 Å². The highest BCUT2D eigenvalue weighted by Crippen LogP contribution is 2.25. The minimum atomic E-state index is -0.784. The summed E-state index contributed by atoms with van der Waals surface area (Å²) in [6.45, 7) is 4.02. The average Bonchev–Trinajstić information content (AvgIpc) is 2.84. The lowest BCUT2D eigenvalue weighted by Crippen LogP contribution is -2.55. The lowest BCUT2D eigenvalue weighted by atomic mass is 10.1. The van der Waals surface area contributed by atoms with Gasteiger partial charge in [0.1, 0.15) is 11.9 Å². The molecule has 2 N–H and O–H groups in total. The van der Waals surface area contributed by atoms with Crippen molar-refractivity contribution in [1.82, 2.24) is 19.8 Å². The van der Waals surface area contributed by atoms with Gasteiger partial charge in [0.2, 0.25) is 0 Å². The number of rotatable bonds is 3. The van der Waals surface area contributed by atoms with Crippen molar-refractivity contribution in [2.45, 2.75) is 19.0 Å². The third-order valence-corrected chi connectivity index (χ3v) is 4.26. The molecule has 112 valence electrons. The van der Waals surface area contributed by atoms with E-state index in [1.807, 2.05) is 43.1 Å². The number of imidazole rings is 1. The number of hydrogen-bond acceptors (Lipinski definition) is 4. The van der Waals surface area contributed by atoms with Crippen LogP contribution in [0, 0.1) is 0 Å². The molecule has 1 aromatic carbocycles. The van der Waals surface area contributed by atoms with Crippen molar-refractivity contribution in [3.8, 4) is 0 Å². The van der Waals surface area contributed by atoms with Crippen LogP contribution >= 0.6 is 0 Å². The summed E-state index contributed by atoms with van der Waals surface area (Å²) in [5.41, 5.74) is 2.02. The molecule has 2 unspecified atom stereocenters. The predicted molar refractivity (Wildman–Crippen MR) is 80.1 cm³/mol. The molecule has 1 saturated heterocycles. The number of benzene rings is 1. The fraction of sp³-hybridized carbons (Fsp3) is 0.467. The highest BCUT2D eigenvalue weighted by Gasteiger charge is 2.33. The molecular weight excluding hydrogens is 268 g/mol. The van der Waals surface area contributed by atoms with Crippen LogP contribution in [0.2, 0.25) is 0 Å². The van der Waals surface area contributed by atoms with Crippen LogP contribution in [0.5, 0.6) is 0 Å². The normalized spacial score (nSPS) is 21.5. The molecular formula is C15H20N4O2. The highest BCUT2D eigenvalue weighted by atomic mass is 16.4. The quantitative estimate of drug-likeness (QED) is 0.881. The molecule has 1 fully saturated rings. The lowest BCUT2D eigenvalue weighted by molar-refractivity contribution is -0.145. The second kappa shape index (κ2) is 5.46. The highest BCUT2D eigenvalue weighted by molar-refractivity contribution is 5.76. The Hall–Kier alpha value is -1.92. The molecule has 2 heterocycles. The first-order valence-electron chi connectivity index (χ1n) is 7.20. The van der Waals surface area contributed by atoms with Crippen LogP contribution < -0.4 is 5.32 Å². The van der Waals surface area contributed by atoms with Crippen LogP contribution in [-0.2, 0) is 11.8 Å². The zero-order valence-electron chi connectivity index (χ0n) is 12.3. The van der Waals surface area contributed by atoms with Crippen LogP contribution in [-0.4, -0.2) is 51.2 Å². The Morgan fingerprint density at radius 3 is 2.95 bits per heavy atom. The molecule has 1 aliphatic rings. The number of aromatic nitrogens is 2. The number of carboxylic acid groups (broad SMARTS) is 1. The SMILES string of the molecule is CC(c1nc2ccccc2n1C)N1CCNCC1C(=O)O. The predicted octanol–water partition coefficient (Wildman–Crippen LogP) is 0.993. The Kier molecular flexibility index (Phi) is 3.65. The number of hydrogen-bond donors (Lipinski definition) is 2. The van der Waals surface area contributed by atoms with Gasteiger partial charge in [-0.1, -0.05) is 12.1 Å². The topological polar surface area (TPSA) is 70.4 Å². The van der Waals surface area contributed by atoms with Gasteiger partial charge in [0, 0.05) is 26.7 Å². The molecule has 0 radical (unpaired) electrons. The fourth-order valence-corrected chi connectivity index (χ4v) is 3.10. The van der Waals surface area contributed by atoms with Gasteiger partial charge in [-0.15, -0.1) is 0 Å². The van der Waals surface area contributed by atoms with Gasteiger partial charge < -0.3 is 15.0 Å². The third kappa shape index (κ3) is 2.41. The van der Waals surface area contributed by atoms with Crippen molar-refractivity contribution in [3.05, 3.63) is 30.1 Å². The first-order chi connectivity index (χ1) is 10.1. The van der Waals surface area contributed by atoms with Gasteiger partial charge in [0.05, 0.1) is 17.1 Å². The molecule has 0 aliphatic carbocycles. The number of carboxylic acids is 1. The average molecular weight is 288 g/mol. The van der Waals surface area contributed by atoms with Crippen molar-refractivity contribution in [2.75, 3.05) is 19.6 Å². The Morgan fingerprint density at radius 2 is 2.24 bits per heavy atom. The smallest absolute Gasteiger partial charge is 0.322 e. The molecule has 2 atom stereocenters. The maximum atomic E-state index is 11.4. The largest absolute Gasteiger partial charge is 0.480 e. The van der Waals surface area contributed by atoms with E-state index in [1.165, 1.54) is 0 Å². The summed E-state index contributed by atoms with van der Waals surface area (Å²) in [6.07, 6.45) is 0. The molecule has 6 heteroatoms. The number of aliphatic carboxylic acids is 1. The van der Waals surface area contributed by atoms with Crippen LogP contribution in [0.25, 0.3) is 11.0 Å². The Labute approximate surface area is 123 Å². The molecule has 0 spiro atoms. The monoisotopic (exact) mass is 288 g/mol. The Morgan fingerprint density at radius 1 is 1.48 bits per heavy atom. The van der Waals surface area contributed by atoms with E-state index < -0.39 is 12.0 Å². The molecule has 3 rings (SSSR count). The summed E-state index contributed by atoms with van der Waals surface area (Å²) in [5, 5.41) is 12.5. The van der Waals surface area contributed by atoms with E-state index in [0.29, 0.717) is 13.1 Å². The van der Waals surface area contributed by atoms with E-state index in [2.05, 4.69) is 14.9 Å². The van der Waals surface area contributed by atoms with Crippen molar-refractivity contribution < 1.29 is 9.90 Å². The Balaban J connectivity index is 1.97. The van der Waals surface area contributed by atoms with Crippen LogP contribution in [0.3, 0.4) is 0 Å². The van der Waals surface area contributed by atoms with Crippen LogP contribution in [0.15, 0.2) is 24.3 Å². The van der Waals surface area contributed by atoms with Gasteiger partial charge in [-0.05, 0) is 19.1 Å². The van der Waals surface area contributed by atoms with Gasteiger partial charge in [-0.3, -0.25) is 9.69 Å². The number of aryl methyl sites for hydroxylation is 1. The van der Waals surface area contributed by atoms with Gasteiger partial charge in [-0.2, -0.15) is 0 Å². The fourth-order valence-electron chi connectivity index (χ4n) is 3.10. The minimum absolute atomic E-state index is 0.0365. The molecule has 1 aliphatic heterocycles. The zero-order chi connectivity index (χ0) is 15.0. The molecule has 0 amide bonds. The van der Waals surface area contributed by atoms with Crippen molar-refractivity contribution in [2.24, 2.45) is 7.05 Å². The van der Waals surface area contributed by atoms with Crippen LogP contribution in [0.1, 0.15) is 18.8 Å². The van der Waals surface area contributed by atoms with Gasteiger partial charge in [-0.25, -0.2) is 4.98 Å². The van der Waals surface area contributed by atoms with E-state index in [1.54, 1.807) is 0 Å². The standard InChI is InChI=1S/C15H20N4O2/c1-10(19-8-7-16-9-13(19)15(20)21)14-17-11-5-3-4-6-12(11)18(14)2/h3-6,10,13,16H,7-9H2,1-2H3,(H,20,21). The third-order valence-electron chi connectivity index (χ3n) is 4.26. The summed E-state index contributed by atoms with van der Waals surface area (Å²) in [7, 11) is 1.99. The number of para-hydroxylation sites is 2. The molecule has 0 saturated carbocycles. The van der Waals surface area contributed by atoms with E-state index >= 15 is 0 Å². The van der Waals surface area contributed by atoms with Crippen LogP contribution in [0.4, 0.5) is 0 Å². The van der Waals surface area contributed by atoms with E-state index in [9.17, 15) is 9.90 Å². The molecule has 1 aromatic heterocycles. The minimum Gasteiger partial charge on any atom is -0.480 e. The maximum Gasteiger partial charge on any atom is 0.322 e. The van der Waals surface area contributed by atoms with E-state index in [0.717, 1.165) is 23.4 Å². The Bertz CT molecular complexity index is 667. The summed E-state index contributed by atoms with van der Waals surface area (Å²) in [5.74, 6) is 0.122. The van der Waals surface area contributed by atoms with Gasteiger partial charge in [0.15, 0.2) is 0 Å². The van der Waals surface area contributed by atoms with Crippen molar-refractivity contribution >= 4 is 17.0 Å². The zero-order valence-corrected chi connectivity index (χ0v) is 12.3. The molecule has 21 heavy (non-hydrogen) atoms. The molecule has 2 aromatic rings. The number of nitrogens with one attached hydrogen (secondary N) is 1. The number of nitrogens with zero attached hydrogens (tertiary/aromatic N) is 3. The summed E-state index contributed by atoms with van der Waals surface area (Å²) < 4.78 is 2.06. The second-order valence-electron chi connectivity index (χ2n) is 5.49. The molecule has 0 bridgehead atoms. The first-order valence-corrected chi connectivity index (χ1v) is 7.20. The lowest BCUT2D eigenvalue weighted by Gasteiger charge is -2.37. The van der Waals surface area contributed by atoms with Gasteiger partial charge >= 0.3 is 5.97 Å². The van der Waals surface area contributed by atoms with E-state index in [4.69, 9.17) is 0 Å². The summed E-state index contributed by atoms with van der Waals surface area (Å²) in [6, 6.07) is 7.43. The number of fused-ring (bicyclic) bond motifs is 1. The number of piperazine rings is 1. The molecule has 6 nitrogen and oxygen atoms in total. The number of carbonyl (C=O) groups is 1. The van der Waals surface area contributed by atoms with Gasteiger partial charge in [0.25, 0.3) is 0 Å². The maximum absolute atomic E-state index is 11.4. The second-order valence-corrected chi connectivity index (χ2v) is 5.49. The van der Waals surface area contributed by atoms with E-state index in [-0.39, 0.29) is 6.04 Å².